The normalized spacial score (nSPS) is 11.2. The fourth-order valence-corrected chi connectivity index (χ4v) is 3.33. The number of hydrogen-bond donors (Lipinski definition) is 0. The van der Waals surface area contributed by atoms with E-state index in [9.17, 15) is 4.79 Å². The molecule has 1 amide bonds. The molecule has 142 valence electrons. The first-order chi connectivity index (χ1) is 12.4. The zero-order valence-corrected chi connectivity index (χ0v) is 17.0. The van der Waals surface area contributed by atoms with Gasteiger partial charge in [-0.3, -0.25) is 4.79 Å². The quantitative estimate of drug-likeness (QED) is 0.653. The summed E-state index contributed by atoms with van der Waals surface area (Å²) in [6.07, 6.45) is 0.143. The zero-order chi connectivity index (χ0) is 19.1. The lowest BCUT2D eigenvalue weighted by Gasteiger charge is -2.23. The van der Waals surface area contributed by atoms with Crippen LogP contribution in [0.25, 0.3) is 10.6 Å². The minimum atomic E-state index is -0.0435. The predicted octanol–water partition coefficient (Wildman–Crippen LogP) is 4.34. The van der Waals surface area contributed by atoms with E-state index >= 15 is 0 Å². The van der Waals surface area contributed by atoms with Crippen LogP contribution in [0.3, 0.4) is 0 Å². The number of ether oxygens (including phenoxy) is 2. The SMILES string of the molecule is COCCN(CC(C)C)C(=O)c1csc(-c2ccc(OC(C)C)cc2)n1. The third kappa shape index (κ3) is 5.81. The Bertz CT molecular complexity index is 695. The predicted molar refractivity (Wildman–Crippen MR) is 106 cm³/mol. The highest BCUT2D eigenvalue weighted by molar-refractivity contribution is 7.13. The average molecular weight is 377 g/mol. The maximum absolute atomic E-state index is 12.8. The standard InChI is InChI=1S/C20H28N2O3S/c1-14(2)12-22(10-11-24-5)20(23)18-13-26-19(21-18)16-6-8-17(9-7-16)25-15(3)4/h6-9,13-15H,10-12H2,1-5H3. The summed E-state index contributed by atoms with van der Waals surface area (Å²) in [5.74, 6) is 1.18. The van der Waals surface area contributed by atoms with Crippen LogP contribution >= 0.6 is 11.3 Å². The molecule has 26 heavy (non-hydrogen) atoms. The molecule has 1 aromatic carbocycles. The lowest BCUT2D eigenvalue weighted by atomic mass is 10.2. The summed E-state index contributed by atoms with van der Waals surface area (Å²) in [4.78, 5) is 19.2. The molecular weight excluding hydrogens is 348 g/mol. The van der Waals surface area contributed by atoms with Crippen molar-refractivity contribution in [3.05, 3.63) is 35.3 Å². The van der Waals surface area contributed by atoms with Crippen molar-refractivity contribution in [1.29, 1.82) is 0 Å². The molecule has 0 saturated heterocycles. The Kier molecular flexibility index (Phi) is 7.60. The van der Waals surface area contributed by atoms with Gasteiger partial charge in [0.15, 0.2) is 0 Å². The molecule has 0 N–H and O–H groups in total. The van der Waals surface area contributed by atoms with E-state index in [1.807, 2.05) is 48.4 Å². The van der Waals surface area contributed by atoms with Gasteiger partial charge in [-0.25, -0.2) is 4.98 Å². The fraction of sp³-hybridized carbons (Fsp3) is 0.500. The molecular formula is C20H28N2O3S. The van der Waals surface area contributed by atoms with Gasteiger partial charge in [0.2, 0.25) is 0 Å². The third-order valence-corrected chi connectivity index (χ3v) is 4.53. The molecule has 0 radical (unpaired) electrons. The van der Waals surface area contributed by atoms with Crippen LogP contribution in [0.2, 0.25) is 0 Å². The van der Waals surface area contributed by atoms with E-state index in [-0.39, 0.29) is 12.0 Å². The largest absolute Gasteiger partial charge is 0.491 e. The third-order valence-electron chi connectivity index (χ3n) is 3.63. The number of aromatic nitrogens is 1. The molecule has 0 bridgehead atoms. The minimum Gasteiger partial charge on any atom is -0.491 e. The Balaban J connectivity index is 2.12. The lowest BCUT2D eigenvalue weighted by Crippen LogP contribution is -2.36. The van der Waals surface area contributed by atoms with Gasteiger partial charge in [-0.1, -0.05) is 13.8 Å². The maximum Gasteiger partial charge on any atom is 0.273 e. The van der Waals surface area contributed by atoms with Gasteiger partial charge >= 0.3 is 0 Å². The van der Waals surface area contributed by atoms with E-state index in [1.54, 1.807) is 7.11 Å². The summed E-state index contributed by atoms with van der Waals surface area (Å²) in [5.41, 5.74) is 1.47. The monoisotopic (exact) mass is 376 g/mol. The number of benzene rings is 1. The van der Waals surface area contributed by atoms with E-state index in [0.717, 1.165) is 16.3 Å². The Morgan fingerprint density at radius 3 is 2.46 bits per heavy atom. The molecule has 5 nitrogen and oxygen atoms in total. The number of rotatable bonds is 9. The molecule has 2 rings (SSSR count). The smallest absolute Gasteiger partial charge is 0.273 e. The van der Waals surface area contributed by atoms with Crippen LogP contribution in [0.15, 0.2) is 29.6 Å². The van der Waals surface area contributed by atoms with Gasteiger partial charge in [-0.2, -0.15) is 0 Å². The van der Waals surface area contributed by atoms with Crippen LogP contribution in [0.4, 0.5) is 0 Å². The highest BCUT2D eigenvalue weighted by Crippen LogP contribution is 2.26. The second-order valence-electron chi connectivity index (χ2n) is 6.87. The summed E-state index contributed by atoms with van der Waals surface area (Å²) in [6, 6.07) is 7.81. The van der Waals surface area contributed by atoms with E-state index in [4.69, 9.17) is 9.47 Å². The van der Waals surface area contributed by atoms with Crippen LogP contribution in [0.5, 0.6) is 5.75 Å². The first kappa shape index (κ1) is 20.4. The molecule has 0 spiro atoms. The van der Waals surface area contributed by atoms with Crippen molar-refractivity contribution in [3.63, 3.8) is 0 Å². The molecule has 0 fully saturated rings. The molecule has 0 aliphatic rings. The van der Waals surface area contributed by atoms with Crippen LogP contribution in [-0.4, -0.2) is 48.7 Å². The Labute approximate surface area is 160 Å². The Morgan fingerprint density at radius 2 is 1.88 bits per heavy atom. The summed E-state index contributed by atoms with van der Waals surface area (Å²) in [7, 11) is 1.64. The molecule has 6 heteroatoms. The molecule has 2 aromatic rings. The van der Waals surface area contributed by atoms with Gasteiger partial charge in [0.1, 0.15) is 16.5 Å². The molecule has 0 saturated carbocycles. The van der Waals surface area contributed by atoms with Crippen molar-refractivity contribution in [3.8, 4) is 16.3 Å². The number of carbonyl (C=O) groups is 1. The van der Waals surface area contributed by atoms with Crippen LogP contribution in [0.1, 0.15) is 38.2 Å². The van der Waals surface area contributed by atoms with E-state index < -0.39 is 0 Å². The van der Waals surface area contributed by atoms with Crippen molar-refractivity contribution in [2.24, 2.45) is 5.92 Å². The van der Waals surface area contributed by atoms with E-state index in [0.29, 0.717) is 31.3 Å². The van der Waals surface area contributed by atoms with Crippen LogP contribution in [-0.2, 0) is 4.74 Å². The van der Waals surface area contributed by atoms with E-state index in [2.05, 4.69) is 18.8 Å². The molecule has 0 unspecified atom stereocenters. The van der Waals surface area contributed by atoms with Gasteiger partial charge in [-0.15, -0.1) is 11.3 Å². The second kappa shape index (κ2) is 9.69. The lowest BCUT2D eigenvalue weighted by molar-refractivity contribution is 0.0667. The topological polar surface area (TPSA) is 51.7 Å². The van der Waals surface area contributed by atoms with Crippen molar-refractivity contribution >= 4 is 17.2 Å². The number of thiazole rings is 1. The number of amides is 1. The van der Waals surface area contributed by atoms with E-state index in [1.165, 1.54) is 11.3 Å². The Hall–Kier alpha value is -1.92. The minimum absolute atomic E-state index is 0.0435. The van der Waals surface area contributed by atoms with Crippen LogP contribution < -0.4 is 4.74 Å². The van der Waals surface area contributed by atoms with Crippen molar-refractivity contribution < 1.29 is 14.3 Å². The number of nitrogens with zero attached hydrogens (tertiary/aromatic N) is 2. The Morgan fingerprint density at radius 1 is 1.19 bits per heavy atom. The number of carbonyl (C=O) groups excluding carboxylic acids is 1. The molecule has 1 aromatic heterocycles. The summed E-state index contributed by atoms with van der Waals surface area (Å²) in [6.45, 7) is 9.98. The molecule has 1 heterocycles. The maximum atomic E-state index is 12.8. The summed E-state index contributed by atoms with van der Waals surface area (Å²) < 4.78 is 10.8. The van der Waals surface area contributed by atoms with Gasteiger partial charge in [0.25, 0.3) is 5.91 Å². The molecule has 0 aliphatic heterocycles. The van der Waals surface area contributed by atoms with Gasteiger partial charge in [-0.05, 0) is 44.0 Å². The molecule has 0 aliphatic carbocycles. The highest BCUT2D eigenvalue weighted by Gasteiger charge is 2.20. The molecule has 0 atom stereocenters. The van der Waals surface area contributed by atoms with Gasteiger partial charge in [0, 0.05) is 31.1 Å². The van der Waals surface area contributed by atoms with Crippen molar-refractivity contribution in [2.75, 3.05) is 26.8 Å². The average Bonchev–Trinajstić information content (AvgIpc) is 3.08. The van der Waals surface area contributed by atoms with Gasteiger partial charge < -0.3 is 14.4 Å². The fourth-order valence-electron chi connectivity index (χ4n) is 2.53. The second-order valence-corrected chi connectivity index (χ2v) is 7.72. The number of hydrogen-bond acceptors (Lipinski definition) is 5. The summed E-state index contributed by atoms with van der Waals surface area (Å²) >= 11 is 1.48. The van der Waals surface area contributed by atoms with Crippen molar-refractivity contribution in [2.45, 2.75) is 33.8 Å². The summed E-state index contributed by atoms with van der Waals surface area (Å²) in [5, 5.41) is 2.66. The zero-order valence-electron chi connectivity index (χ0n) is 16.2. The van der Waals surface area contributed by atoms with Gasteiger partial charge in [0.05, 0.1) is 12.7 Å². The van der Waals surface area contributed by atoms with Crippen molar-refractivity contribution in [1.82, 2.24) is 9.88 Å². The van der Waals surface area contributed by atoms with Crippen LogP contribution in [0, 0.1) is 5.92 Å². The first-order valence-corrected chi connectivity index (χ1v) is 9.79. The highest BCUT2D eigenvalue weighted by atomic mass is 32.1. The number of methoxy groups -OCH3 is 1. The first-order valence-electron chi connectivity index (χ1n) is 8.91.